The molecule has 1 aromatic carbocycles. The minimum atomic E-state index is -1.08. The maximum Gasteiger partial charge on any atom is 0.327 e. The Morgan fingerprint density at radius 2 is 1.74 bits per heavy atom. The van der Waals surface area contributed by atoms with Gasteiger partial charge in [0.1, 0.15) is 6.04 Å². The zero-order chi connectivity index (χ0) is 17.4. The number of ether oxygens (including phenoxy) is 3. The molecule has 2 N–H and O–H groups in total. The number of rotatable bonds is 9. The third-order valence-corrected chi connectivity index (χ3v) is 4.00. The van der Waals surface area contributed by atoms with E-state index in [0.717, 1.165) is 5.75 Å². The summed E-state index contributed by atoms with van der Waals surface area (Å²) in [5.74, 6) is 0.479. The van der Waals surface area contributed by atoms with Crippen LogP contribution in [0.15, 0.2) is 12.1 Å². The molecule has 1 unspecified atom stereocenters. The van der Waals surface area contributed by atoms with Gasteiger partial charge in [0.15, 0.2) is 11.5 Å². The molecule has 0 aliphatic carbocycles. The van der Waals surface area contributed by atoms with Gasteiger partial charge in [-0.05, 0) is 17.9 Å². The van der Waals surface area contributed by atoms with Crippen molar-refractivity contribution in [2.75, 3.05) is 32.8 Å². The first kappa shape index (κ1) is 19.0. The summed E-state index contributed by atoms with van der Waals surface area (Å²) in [4.78, 5) is 23.5. The van der Waals surface area contributed by atoms with Crippen LogP contribution in [0, 0.1) is 0 Å². The molecule has 0 spiro atoms. The van der Waals surface area contributed by atoms with Gasteiger partial charge in [0.05, 0.1) is 21.3 Å². The molecule has 0 aliphatic rings. The van der Waals surface area contributed by atoms with E-state index in [0.29, 0.717) is 23.0 Å². The summed E-state index contributed by atoms with van der Waals surface area (Å²) < 4.78 is 15.5. The van der Waals surface area contributed by atoms with E-state index in [2.05, 4.69) is 5.32 Å². The lowest BCUT2D eigenvalue weighted by atomic mass is 10.1. The van der Waals surface area contributed by atoms with Crippen molar-refractivity contribution in [2.24, 2.45) is 0 Å². The average molecular weight is 343 g/mol. The maximum atomic E-state index is 12.3. The highest BCUT2D eigenvalue weighted by Crippen LogP contribution is 2.38. The van der Waals surface area contributed by atoms with Crippen LogP contribution in [0.3, 0.4) is 0 Å². The van der Waals surface area contributed by atoms with Crippen molar-refractivity contribution in [3.8, 4) is 17.2 Å². The van der Waals surface area contributed by atoms with Gasteiger partial charge in [-0.3, -0.25) is 4.79 Å². The van der Waals surface area contributed by atoms with Crippen LogP contribution in [0.1, 0.15) is 17.3 Å². The van der Waals surface area contributed by atoms with Gasteiger partial charge in [0, 0.05) is 11.3 Å². The second-order valence-corrected chi connectivity index (χ2v) is 5.76. The smallest absolute Gasteiger partial charge is 0.327 e. The molecule has 0 fully saturated rings. The van der Waals surface area contributed by atoms with Gasteiger partial charge in [0.2, 0.25) is 5.75 Å². The van der Waals surface area contributed by atoms with Crippen molar-refractivity contribution in [3.05, 3.63) is 17.7 Å². The predicted molar refractivity (Wildman–Crippen MR) is 88.0 cm³/mol. The monoisotopic (exact) mass is 343 g/mol. The van der Waals surface area contributed by atoms with E-state index in [9.17, 15) is 14.7 Å². The van der Waals surface area contributed by atoms with Crippen LogP contribution in [0.2, 0.25) is 0 Å². The number of hydrogen-bond acceptors (Lipinski definition) is 6. The Hall–Kier alpha value is -2.09. The lowest BCUT2D eigenvalue weighted by Gasteiger charge is -2.16. The second-order valence-electron chi connectivity index (χ2n) is 4.44. The number of nitrogens with one attached hydrogen (secondary N) is 1. The first-order valence-corrected chi connectivity index (χ1v) is 8.05. The van der Waals surface area contributed by atoms with Crippen LogP contribution >= 0.6 is 11.8 Å². The number of carbonyl (C=O) groups excluding carboxylic acids is 1. The molecule has 0 bridgehead atoms. The molecule has 1 amide bonds. The summed E-state index contributed by atoms with van der Waals surface area (Å²) in [5.41, 5.74) is 0.229. The molecule has 7 nitrogen and oxygen atoms in total. The molecule has 0 saturated carbocycles. The quantitative estimate of drug-likeness (QED) is 0.704. The summed E-state index contributed by atoms with van der Waals surface area (Å²) in [6.45, 7) is 1.92. The summed E-state index contributed by atoms with van der Waals surface area (Å²) >= 11 is 1.44. The van der Waals surface area contributed by atoms with Gasteiger partial charge >= 0.3 is 5.97 Å². The van der Waals surface area contributed by atoms with E-state index in [1.807, 2.05) is 6.92 Å². The van der Waals surface area contributed by atoms with E-state index in [1.54, 1.807) is 0 Å². The highest BCUT2D eigenvalue weighted by molar-refractivity contribution is 7.99. The minimum absolute atomic E-state index is 0.229. The van der Waals surface area contributed by atoms with Crippen molar-refractivity contribution in [3.63, 3.8) is 0 Å². The van der Waals surface area contributed by atoms with Crippen LogP contribution in [0.5, 0.6) is 17.2 Å². The molecule has 1 rings (SSSR count). The average Bonchev–Trinajstić information content (AvgIpc) is 2.56. The highest BCUT2D eigenvalue weighted by Gasteiger charge is 2.22. The number of hydrogen-bond donors (Lipinski definition) is 2. The fourth-order valence-electron chi connectivity index (χ4n) is 1.86. The molecule has 0 heterocycles. The summed E-state index contributed by atoms with van der Waals surface area (Å²) in [5, 5.41) is 11.7. The number of aliphatic carboxylic acids is 1. The number of carboxylic acid groups (broad SMARTS) is 1. The lowest BCUT2D eigenvalue weighted by Crippen LogP contribution is -2.42. The van der Waals surface area contributed by atoms with Gasteiger partial charge in [-0.1, -0.05) is 6.92 Å². The zero-order valence-corrected chi connectivity index (χ0v) is 14.4. The van der Waals surface area contributed by atoms with E-state index in [-0.39, 0.29) is 5.56 Å². The second kappa shape index (κ2) is 9.14. The van der Waals surface area contributed by atoms with Crippen LogP contribution in [0.25, 0.3) is 0 Å². The third-order valence-electron chi connectivity index (χ3n) is 3.02. The molecular weight excluding hydrogens is 322 g/mol. The van der Waals surface area contributed by atoms with Crippen LogP contribution in [-0.2, 0) is 4.79 Å². The lowest BCUT2D eigenvalue weighted by molar-refractivity contribution is -0.138. The van der Waals surface area contributed by atoms with E-state index in [1.165, 1.54) is 45.2 Å². The molecule has 1 aromatic rings. The van der Waals surface area contributed by atoms with Crippen LogP contribution < -0.4 is 19.5 Å². The van der Waals surface area contributed by atoms with Crippen LogP contribution in [0.4, 0.5) is 0 Å². The normalized spacial score (nSPS) is 11.5. The number of benzene rings is 1. The summed E-state index contributed by atoms with van der Waals surface area (Å²) in [6, 6.07) is 1.98. The van der Waals surface area contributed by atoms with E-state index in [4.69, 9.17) is 14.2 Å². The predicted octanol–water partition coefficient (Wildman–Crippen LogP) is 1.65. The molecule has 8 heteroatoms. The number of carbonyl (C=O) groups is 2. The molecular formula is C15H21NO6S. The number of thioether (sulfide) groups is 1. The molecule has 23 heavy (non-hydrogen) atoms. The van der Waals surface area contributed by atoms with Gasteiger partial charge in [0.25, 0.3) is 5.91 Å². The van der Waals surface area contributed by atoms with Crippen molar-refractivity contribution in [1.82, 2.24) is 5.32 Å². The topological polar surface area (TPSA) is 94.1 Å². The largest absolute Gasteiger partial charge is 0.493 e. The van der Waals surface area contributed by atoms with Crippen molar-refractivity contribution < 1.29 is 28.9 Å². The van der Waals surface area contributed by atoms with Gasteiger partial charge in [-0.25, -0.2) is 4.79 Å². The molecule has 0 saturated heterocycles. The number of methoxy groups -OCH3 is 3. The number of carboxylic acids is 1. The van der Waals surface area contributed by atoms with Gasteiger partial charge < -0.3 is 24.6 Å². The fourth-order valence-corrected chi connectivity index (χ4v) is 2.56. The molecule has 0 radical (unpaired) electrons. The van der Waals surface area contributed by atoms with Crippen molar-refractivity contribution >= 4 is 23.6 Å². The summed E-state index contributed by atoms with van der Waals surface area (Å²) in [6.07, 6.45) is 0. The molecule has 0 aliphatic heterocycles. The Kier molecular flexibility index (Phi) is 7.53. The minimum Gasteiger partial charge on any atom is -0.493 e. The van der Waals surface area contributed by atoms with E-state index < -0.39 is 17.9 Å². The Balaban J connectivity index is 3.04. The van der Waals surface area contributed by atoms with Crippen molar-refractivity contribution in [2.45, 2.75) is 13.0 Å². The zero-order valence-electron chi connectivity index (χ0n) is 13.5. The van der Waals surface area contributed by atoms with Gasteiger partial charge in [-0.15, -0.1) is 0 Å². The molecule has 1 atom stereocenters. The molecule has 128 valence electrons. The van der Waals surface area contributed by atoms with Crippen molar-refractivity contribution in [1.29, 1.82) is 0 Å². The third kappa shape index (κ3) is 4.95. The first-order valence-electron chi connectivity index (χ1n) is 6.89. The Morgan fingerprint density at radius 3 is 2.13 bits per heavy atom. The maximum absolute atomic E-state index is 12.3. The highest BCUT2D eigenvalue weighted by atomic mass is 32.2. The number of amides is 1. The standard InChI is InChI=1S/C15H21NO6S/c1-5-23-8-10(15(18)19)16-14(17)9-6-11(20-2)13(22-4)12(7-9)21-3/h6-7,10H,5,8H2,1-4H3,(H,16,17)(H,18,19). The Labute approximate surface area is 139 Å². The Bertz CT molecular complexity index is 538. The summed E-state index contributed by atoms with van der Waals surface area (Å²) in [7, 11) is 4.34. The first-order chi connectivity index (χ1) is 11.0. The SMILES string of the molecule is CCSCC(NC(=O)c1cc(OC)c(OC)c(OC)c1)C(=O)O. The van der Waals surface area contributed by atoms with Crippen LogP contribution in [-0.4, -0.2) is 55.9 Å². The molecule has 0 aromatic heterocycles. The van der Waals surface area contributed by atoms with Gasteiger partial charge in [-0.2, -0.15) is 11.8 Å². The fraction of sp³-hybridized carbons (Fsp3) is 0.467. The Morgan fingerprint density at radius 1 is 1.17 bits per heavy atom. The van der Waals surface area contributed by atoms with E-state index >= 15 is 0 Å².